The van der Waals surface area contributed by atoms with Crippen LogP contribution in [0.1, 0.15) is 31.2 Å². The summed E-state index contributed by atoms with van der Waals surface area (Å²) in [5.41, 5.74) is 1.52. The van der Waals surface area contributed by atoms with Crippen LogP contribution in [-0.4, -0.2) is 57.4 Å². The summed E-state index contributed by atoms with van der Waals surface area (Å²) >= 11 is 0. The summed E-state index contributed by atoms with van der Waals surface area (Å²) in [4.78, 5) is 6.86. The molecule has 0 bridgehead atoms. The lowest BCUT2D eigenvalue weighted by Crippen LogP contribution is -2.41. The lowest BCUT2D eigenvalue weighted by atomic mass is 9.87. The second-order valence-corrected chi connectivity index (χ2v) is 8.75. The number of nitrogens with one attached hydrogen (secondary N) is 1. The van der Waals surface area contributed by atoms with Crippen LogP contribution in [0.15, 0.2) is 59.6 Å². The van der Waals surface area contributed by atoms with Crippen LogP contribution in [0.4, 0.5) is 0 Å². The third-order valence-corrected chi connectivity index (χ3v) is 6.33. The zero-order valence-electron chi connectivity index (χ0n) is 19.5. The highest BCUT2D eigenvalue weighted by Gasteiger charge is 2.42. The second-order valence-electron chi connectivity index (χ2n) is 8.75. The fraction of sp³-hybridized carbons (Fsp3) is 0.500. The van der Waals surface area contributed by atoms with E-state index in [2.05, 4.69) is 27.3 Å². The molecule has 2 heterocycles. The number of guanidine groups is 1. The van der Waals surface area contributed by atoms with E-state index >= 15 is 0 Å². The predicted molar refractivity (Wildman–Crippen MR) is 143 cm³/mol. The minimum absolute atomic E-state index is 0. The average molecular weight is 565 g/mol. The first-order chi connectivity index (χ1) is 15.8. The Balaban J connectivity index is 0.00000306. The maximum atomic E-state index is 5.88. The zero-order chi connectivity index (χ0) is 22.1. The summed E-state index contributed by atoms with van der Waals surface area (Å²) in [6.45, 7) is 6.11. The maximum absolute atomic E-state index is 5.88. The summed E-state index contributed by atoms with van der Waals surface area (Å²) in [5, 5.41) is 3.51. The van der Waals surface area contributed by atoms with Gasteiger partial charge in [0.15, 0.2) is 5.96 Å². The van der Waals surface area contributed by atoms with Crippen LogP contribution in [0, 0.1) is 5.41 Å². The van der Waals surface area contributed by atoms with Gasteiger partial charge in [-0.1, -0.05) is 30.3 Å². The van der Waals surface area contributed by atoms with Crippen LogP contribution in [0.5, 0.6) is 11.5 Å². The Bertz CT molecular complexity index is 855. The number of rotatable bonds is 9. The Hall–Kier alpha value is -2.00. The van der Waals surface area contributed by atoms with Crippen LogP contribution in [-0.2, 0) is 11.3 Å². The van der Waals surface area contributed by atoms with Gasteiger partial charge in [0.2, 0.25) is 0 Å². The summed E-state index contributed by atoms with van der Waals surface area (Å²) in [5.74, 6) is 2.74. The number of hydrogen-bond acceptors (Lipinski definition) is 4. The van der Waals surface area contributed by atoms with E-state index < -0.39 is 0 Å². The van der Waals surface area contributed by atoms with Crippen LogP contribution < -0.4 is 14.8 Å². The minimum Gasteiger partial charge on any atom is -0.494 e. The summed E-state index contributed by atoms with van der Waals surface area (Å²) in [6.07, 6.45) is 4.42. The first-order valence-electron chi connectivity index (χ1n) is 11.7. The Labute approximate surface area is 214 Å². The second kappa shape index (κ2) is 13.0. The molecule has 2 saturated heterocycles. The van der Waals surface area contributed by atoms with Gasteiger partial charge >= 0.3 is 0 Å². The third-order valence-electron chi connectivity index (χ3n) is 6.33. The van der Waals surface area contributed by atoms with Crippen molar-refractivity contribution in [2.45, 2.75) is 32.3 Å². The number of likely N-dealkylation sites (tertiary alicyclic amines) is 1. The van der Waals surface area contributed by atoms with Gasteiger partial charge in [0.25, 0.3) is 0 Å². The molecule has 4 rings (SSSR count). The highest BCUT2D eigenvalue weighted by Crippen LogP contribution is 2.38. The van der Waals surface area contributed by atoms with Gasteiger partial charge in [-0.25, -0.2) is 0 Å². The number of aliphatic imine (C=N–C) groups is 1. The predicted octanol–water partition coefficient (Wildman–Crippen LogP) is 4.73. The lowest BCUT2D eigenvalue weighted by Gasteiger charge is -2.24. The maximum Gasteiger partial charge on any atom is 0.193 e. The molecule has 0 saturated carbocycles. The summed E-state index contributed by atoms with van der Waals surface area (Å²) < 4.78 is 17.3. The van der Waals surface area contributed by atoms with Crippen molar-refractivity contribution < 1.29 is 14.2 Å². The van der Waals surface area contributed by atoms with Crippen molar-refractivity contribution in [1.82, 2.24) is 10.2 Å². The highest BCUT2D eigenvalue weighted by molar-refractivity contribution is 14.0. The molecule has 0 aromatic heterocycles. The molecular formula is C26H36IN3O3. The highest BCUT2D eigenvalue weighted by atomic mass is 127. The van der Waals surface area contributed by atoms with E-state index in [9.17, 15) is 0 Å². The van der Waals surface area contributed by atoms with Crippen molar-refractivity contribution in [2.24, 2.45) is 10.4 Å². The lowest BCUT2D eigenvalue weighted by molar-refractivity contribution is 0.156. The van der Waals surface area contributed by atoms with E-state index in [1.165, 1.54) is 12.8 Å². The van der Waals surface area contributed by atoms with E-state index in [-0.39, 0.29) is 24.0 Å². The molecule has 2 fully saturated rings. The SMILES string of the molecule is CN=C(NCCCCOc1ccc(OCc2ccccc2)cc1)N1CCC2(CCOC2)C1.I. The van der Waals surface area contributed by atoms with Crippen molar-refractivity contribution in [3.8, 4) is 11.5 Å². The van der Waals surface area contributed by atoms with Gasteiger partial charge in [-0.2, -0.15) is 0 Å². The molecule has 6 nitrogen and oxygen atoms in total. The van der Waals surface area contributed by atoms with Crippen LogP contribution in [0.25, 0.3) is 0 Å². The topological polar surface area (TPSA) is 55.3 Å². The van der Waals surface area contributed by atoms with Crippen LogP contribution in [0.3, 0.4) is 0 Å². The number of unbranched alkanes of at least 4 members (excludes halogenated alkanes) is 1. The zero-order valence-corrected chi connectivity index (χ0v) is 21.8. The molecule has 1 atom stereocenters. The van der Waals surface area contributed by atoms with E-state index in [4.69, 9.17) is 14.2 Å². The van der Waals surface area contributed by atoms with Gasteiger partial charge in [0, 0.05) is 38.7 Å². The third kappa shape index (κ3) is 7.50. The van der Waals surface area contributed by atoms with Gasteiger partial charge in [0.1, 0.15) is 18.1 Å². The smallest absolute Gasteiger partial charge is 0.193 e. The molecule has 33 heavy (non-hydrogen) atoms. The number of nitrogens with zero attached hydrogens (tertiary/aromatic N) is 2. The van der Waals surface area contributed by atoms with Crippen LogP contribution >= 0.6 is 24.0 Å². The number of benzene rings is 2. The number of hydrogen-bond donors (Lipinski definition) is 1. The number of halogens is 1. The molecule has 1 N–H and O–H groups in total. The standard InChI is InChI=1S/C26H35N3O3.HI/c1-27-25(29-16-13-26(20-29)14-18-30-21-26)28-15-5-6-17-31-23-9-11-24(12-10-23)32-19-22-7-3-2-4-8-22;/h2-4,7-12H,5-6,13-21H2,1H3,(H,27,28);1H. The van der Waals surface area contributed by atoms with E-state index in [0.29, 0.717) is 18.6 Å². The Morgan fingerprint density at radius 1 is 1.03 bits per heavy atom. The summed E-state index contributed by atoms with van der Waals surface area (Å²) in [6, 6.07) is 18.0. The largest absolute Gasteiger partial charge is 0.494 e. The fourth-order valence-corrected chi connectivity index (χ4v) is 4.41. The minimum atomic E-state index is 0. The van der Waals surface area contributed by atoms with E-state index in [0.717, 1.165) is 68.7 Å². The summed E-state index contributed by atoms with van der Waals surface area (Å²) in [7, 11) is 1.87. The molecule has 0 amide bonds. The molecule has 1 spiro atoms. The molecule has 0 radical (unpaired) electrons. The van der Waals surface area contributed by atoms with Gasteiger partial charge < -0.3 is 24.4 Å². The first kappa shape index (κ1) is 25.6. The molecule has 2 aliphatic heterocycles. The molecular weight excluding hydrogens is 529 g/mol. The molecule has 2 aromatic rings. The van der Waals surface area contributed by atoms with E-state index in [1.807, 2.05) is 49.5 Å². The molecule has 7 heteroatoms. The Morgan fingerprint density at radius 3 is 2.48 bits per heavy atom. The van der Waals surface area contributed by atoms with Crippen molar-refractivity contribution in [1.29, 1.82) is 0 Å². The molecule has 2 aliphatic rings. The number of ether oxygens (including phenoxy) is 3. The van der Waals surface area contributed by atoms with Gasteiger partial charge in [0.05, 0.1) is 13.2 Å². The van der Waals surface area contributed by atoms with Crippen LogP contribution in [0.2, 0.25) is 0 Å². The van der Waals surface area contributed by atoms with Gasteiger partial charge in [-0.05, 0) is 55.5 Å². The first-order valence-corrected chi connectivity index (χ1v) is 11.7. The Morgan fingerprint density at radius 2 is 1.79 bits per heavy atom. The Kier molecular flexibility index (Phi) is 10.1. The molecule has 180 valence electrons. The molecule has 1 unspecified atom stereocenters. The normalized spacial score (nSPS) is 20.0. The van der Waals surface area contributed by atoms with Crippen molar-refractivity contribution in [3.63, 3.8) is 0 Å². The molecule has 2 aromatic carbocycles. The van der Waals surface area contributed by atoms with E-state index in [1.54, 1.807) is 0 Å². The van der Waals surface area contributed by atoms with Gasteiger partial charge in [-0.3, -0.25) is 4.99 Å². The monoisotopic (exact) mass is 565 g/mol. The molecule has 0 aliphatic carbocycles. The van der Waals surface area contributed by atoms with Gasteiger partial charge in [-0.15, -0.1) is 24.0 Å². The van der Waals surface area contributed by atoms with Crippen molar-refractivity contribution in [3.05, 3.63) is 60.2 Å². The fourth-order valence-electron chi connectivity index (χ4n) is 4.41. The quantitative estimate of drug-likeness (QED) is 0.206. The average Bonchev–Trinajstić information content (AvgIpc) is 3.48. The van der Waals surface area contributed by atoms with Crippen molar-refractivity contribution in [2.75, 3.05) is 46.5 Å². The van der Waals surface area contributed by atoms with Crippen molar-refractivity contribution >= 4 is 29.9 Å².